The second-order valence-electron chi connectivity index (χ2n) is 14.1. The average molecular weight is 609 g/mol. The SMILES string of the molecule is CN1CCN(CC2CCN(C3C(F)CNCC3NC(=O)C(C(N)N)C3CC4(CCCCC4)CCC(F)C=N3)CC2)C(=O)C1. The largest absolute Gasteiger partial charge is 0.350 e. The first-order valence-corrected chi connectivity index (χ1v) is 16.7. The Morgan fingerprint density at radius 2 is 1.84 bits per heavy atom. The Labute approximate surface area is 255 Å². The van der Waals surface area contributed by atoms with Gasteiger partial charge in [0.2, 0.25) is 11.8 Å². The van der Waals surface area contributed by atoms with Crippen molar-refractivity contribution in [3.63, 3.8) is 0 Å². The van der Waals surface area contributed by atoms with Gasteiger partial charge in [-0.25, -0.2) is 8.78 Å². The van der Waals surface area contributed by atoms with Crippen LogP contribution in [0.4, 0.5) is 8.78 Å². The smallest absolute Gasteiger partial charge is 0.236 e. The number of amides is 2. The van der Waals surface area contributed by atoms with Crippen LogP contribution in [0.1, 0.15) is 64.2 Å². The number of nitrogens with one attached hydrogen (secondary N) is 2. The van der Waals surface area contributed by atoms with Gasteiger partial charge in [0, 0.05) is 38.9 Å². The number of piperidine rings is 2. The van der Waals surface area contributed by atoms with Crippen LogP contribution >= 0.6 is 0 Å². The predicted octanol–water partition coefficient (Wildman–Crippen LogP) is 1.04. The van der Waals surface area contributed by atoms with Crippen LogP contribution < -0.4 is 22.1 Å². The molecule has 4 fully saturated rings. The molecule has 4 heterocycles. The van der Waals surface area contributed by atoms with Crippen molar-refractivity contribution in [3.05, 3.63) is 0 Å². The first kappa shape index (κ1) is 32.7. The number of carbonyl (C=O) groups excluding carboxylic acids is 2. The van der Waals surface area contributed by atoms with Gasteiger partial charge in [0.25, 0.3) is 0 Å². The maximum Gasteiger partial charge on any atom is 0.236 e. The number of hydrogen-bond donors (Lipinski definition) is 4. The first-order valence-electron chi connectivity index (χ1n) is 16.7. The quantitative estimate of drug-likeness (QED) is 0.318. The highest BCUT2D eigenvalue weighted by Gasteiger charge is 2.44. The minimum absolute atomic E-state index is 0.0452. The maximum atomic E-state index is 15.6. The number of halogens is 2. The third kappa shape index (κ3) is 8.11. The molecule has 6 atom stereocenters. The zero-order valence-corrected chi connectivity index (χ0v) is 25.9. The van der Waals surface area contributed by atoms with E-state index in [-0.39, 0.29) is 23.8 Å². The van der Waals surface area contributed by atoms with Gasteiger partial charge >= 0.3 is 0 Å². The molecule has 6 unspecified atom stereocenters. The summed E-state index contributed by atoms with van der Waals surface area (Å²) in [5.41, 5.74) is 12.5. The summed E-state index contributed by atoms with van der Waals surface area (Å²) in [6.45, 7) is 4.99. The molecule has 244 valence electrons. The zero-order chi connectivity index (χ0) is 30.6. The molecule has 0 radical (unpaired) electrons. The number of hydrogen-bond acceptors (Lipinski definition) is 8. The molecule has 4 aliphatic heterocycles. The Morgan fingerprint density at radius 1 is 1.09 bits per heavy atom. The second-order valence-corrected chi connectivity index (χ2v) is 14.1. The van der Waals surface area contributed by atoms with E-state index in [0.29, 0.717) is 31.8 Å². The molecule has 5 aliphatic rings. The van der Waals surface area contributed by atoms with Crippen LogP contribution in [0.25, 0.3) is 0 Å². The van der Waals surface area contributed by atoms with E-state index in [1.165, 1.54) is 12.6 Å². The van der Waals surface area contributed by atoms with Gasteiger partial charge in [-0.05, 0) is 76.4 Å². The van der Waals surface area contributed by atoms with Crippen LogP contribution in [-0.4, -0.2) is 129 Å². The lowest BCUT2D eigenvalue weighted by atomic mass is 9.65. The number of likely N-dealkylation sites (N-methyl/N-ethyl adjacent to an activating group) is 1. The number of piperazine rings is 1. The number of rotatable bonds is 7. The van der Waals surface area contributed by atoms with Crippen LogP contribution in [0.15, 0.2) is 4.99 Å². The molecule has 12 heteroatoms. The molecule has 1 spiro atoms. The lowest BCUT2D eigenvalue weighted by Crippen LogP contribution is -2.67. The maximum absolute atomic E-state index is 15.6. The van der Waals surface area contributed by atoms with Crippen molar-refractivity contribution in [1.82, 2.24) is 25.3 Å². The first-order chi connectivity index (χ1) is 20.6. The van der Waals surface area contributed by atoms with E-state index >= 15 is 4.39 Å². The summed E-state index contributed by atoms with van der Waals surface area (Å²) in [6, 6.07) is -1.43. The van der Waals surface area contributed by atoms with Crippen molar-refractivity contribution in [2.75, 3.05) is 59.4 Å². The summed E-state index contributed by atoms with van der Waals surface area (Å²) in [4.78, 5) is 37.2. The summed E-state index contributed by atoms with van der Waals surface area (Å²) in [5.74, 6) is -0.583. The minimum Gasteiger partial charge on any atom is -0.350 e. The number of nitrogens with zero attached hydrogens (tertiary/aromatic N) is 4. The van der Waals surface area contributed by atoms with E-state index in [9.17, 15) is 14.0 Å². The summed E-state index contributed by atoms with van der Waals surface area (Å²) >= 11 is 0. The lowest BCUT2D eigenvalue weighted by Gasteiger charge is -2.46. The molecule has 3 saturated heterocycles. The molecule has 5 rings (SSSR count). The minimum atomic E-state index is -1.14. The van der Waals surface area contributed by atoms with Gasteiger partial charge in [0.1, 0.15) is 12.3 Å². The van der Waals surface area contributed by atoms with Gasteiger partial charge in [-0.3, -0.25) is 24.4 Å². The fraction of sp³-hybridized carbons (Fsp3) is 0.903. The number of likely N-dealkylation sites (tertiary alicyclic amines) is 1. The predicted molar refractivity (Wildman–Crippen MR) is 164 cm³/mol. The van der Waals surface area contributed by atoms with Gasteiger partial charge in [0.05, 0.1) is 36.8 Å². The molecule has 10 nitrogen and oxygen atoms in total. The van der Waals surface area contributed by atoms with Crippen molar-refractivity contribution in [2.45, 2.75) is 101 Å². The summed E-state index contributed by atoms with van der Waals surface area (Å²) < 4.78 is 30.2. The molecular formula is C31H54F2N8O2. The van der Waals surface area contributed by atoms with Crippen molar-refractivity contribution in [3.8, 4) is 0 Å². The molecule has 1 saturated carbocycles. The Morgan fingerprint density at radius 3 is 2.53 bits per heavy atom. The highest BCUT2D eigenvalue weighted by molar-refractivity contribution is 5.81. The molecule has 43 heavy (non-hydrogen) atoms. The Balaban J connectivity index is 1.23. The van der Waals surface area contributed by atoms with E-state index in [0.717, 1.165) is 77.7 Å². The third-order valence-corrected chi connectivity index (χ3v) is 11.0. The van der Waals surface area contributed by atoms with E-state index in [2.05, 4.69) is 20.5 Å². The Kier molecular flexibility index (Phi) is 11.1. The fourth-order valence-electron chi connectivity index (χ4n) is 8.44. The molecule has 1 aliphatic carbocycles. The van der Waals surface area contributed by atoms with Gasteiger partial charge in [-0.15, -0.1) is 0 Å². The molecule has 2 amide bonds. The van der Waals surface area contributed by atoms with E-state index in [1.54, 1.807) is 0 Å². The number of carbonyl (C=O) groups is 2. The van der Waals surface area contributed by atoms with E-state index in [1.807, 2.05) is 16.8 Å². The molecule has 0 aromatic rings. The number of aliphatic imine (C=N–C) groups is 1. The normalized spacial score (nSPS) is 34.2. The second kappa shape index (κ2) is 14.6. The molecule has 0 aromatic heterocycles. The van der Waals surface area contributed by atoms with Crippen LogP contribution in [0.5, 0.6) is 0 Å². The molecule has 6 N–H and O–H groups in total. The average Bonchev–Trinajstić information content (AvgIpc) is 2.97. The lowest BCUT2D eigenvalue weighted by molar-refractivity contribution is -0.136. The molecule has 0 bridgehead atoms. The van der Waals surface area contributed by atoms with Gasteiger partial charge < -0.3 is 27.0 Å². The third-order valence-electron chi connectivity index (χ3n) is 11.0. The van der Waals surface area contributed by atoms with Crippen LogP contribution in [0.2, 0.25) is 0 Å². The summed E-state index contributed by atoms with van der Waals surface area (Å²) in [7, 11) is 1.97. The van der Waals surface area contributed by atoms with Crippen molar-refractivity contribution >= 4 is 18.0 Å². The molecule has 0 aromatic carbocycles. The Hall–Kier alpha value is -1.73. The van der Waals surface area contributed by atoms with Gasteiger partial charge in [-0.2, -0.15) is 0 Å². The van der Waals surface area contributed by atoms with Crippen molar-refractivity contribution in [2.24, 2.45) is 33.7 Å². The highest BCUT2D eigenvalue weighted by atomic mass is 19.1. The van der Waals surface area contributed by atoms with Crippen molar-refractivity contribution in [1.29, 1.82) is 0 Å². The fourth-order valence-corrected chi connectivity index (χ4v) is 8.44. The van der Waals surface area contributed by atoms with E-state index < -0.39 is 42.6 Å². The number of alkyl halides is 2. The summed E-state index contributed by atoms with van der Waals surface area (Å²) in [6.07, 6.45) is 7.17. The van der Waals surface area contributed by atoms with Gasteiger partial charge in [-0.1, -0.05) is 19.3 Å². The van der Waals surface area contributed by atoms with Crippen LogP contribution in [-0.2, 0) is 9.59 Å². The monoisotopic (exact) mass is 608 g/mol. The van der Waals surface area contributed by atoms with E-state index in [4.69, 9.17) is 11.5 Å². The molecular weight excluding hydrogens is 554 g/mol. The van der Waals surface area contributed by atoms with Crippen LogP contribution in [0.3, 0.4) is 0 Å². The number of nitrogens with two attached hydrogens (primary N) is 2. The van der Waals surface area contributed by atoms with Gasteiger partial charge in [0.15, 0.2) is 0 Å². The highest BCUT2D eigenvalue weighted by Crippen LogP contribution is 2.46. The summed E-state index contributed by atoms with van der Waals surface area (Å²) in [5, 5.41) is 6.28. The topological polar surface area (TPSA) is 132 Å². The van der Waals surface area contributed by atoms with Crippen molar-refractivity contribution < 1.29 is 18.4 Å². The standard InChI is InChI=1S/C31H54F2N8O2/c1-39-13-14-41(26(42)20-39)19-21-6-11-40(12-7-21)28-23(33)17-36-18-25(28)38-30(43)27(29(34)35)24-15-31(8-3-2-4-9-31)10-5-22(32)16-37-24/h16,21-25,27-29,36H,2-15,17-20,34-35H2,1H3,(H,38,43). The zero-order valence-electron chi connectivity index (χ0n) is 25.9. The van der Waals surface area contributed by atoms with Crippen LogP contribution in [0, 0.1) is 17.3 Å². The Bertz CT molecular complexity index is 971.